The van der Waals surface area contributed by atoms with E-state index in [1.807, 2.05) is 6.92 Å². The number of aliphatic hydroxyl groups excluding tert-OH is 1. The lowest BCUT2D eigenvalue weighted by Crippen LogP contribution is -2.33. The maximum atomic E-state index is 9.67. The van der Waals surface area contributed by atoms with Crippen LogP contribution in [0.15, 0.2) is 0 Å². The van der Waals surface area contributed by atoms with Crippen molar-refractivity contribution in [2.45, 2.75) is 64.4 Å². The molecule has 0 bridgehead atoms. The molecule has 14 heavy (non-hydrogen) atoms. The van der Waals surface area contributed by atoms with Gasteiger partial charge in [-0.15, -0.1) is 0 Å². The molecule has 0 aliphatic carbocycles. The summed E-state index contributed by atoms with van der Waals surface area (Å²) in [4.78, 5) is 0. The molecule has 1 saturated heterocycles. The third kappa shape index (κ3) is 3.95. The molecule has 3 nitrogen and oxygen atoms in total. The summed E-state index contributed by atoms with van der Waals surface area (Å²) in [5.41, 5.74) is 0. The van der Waals surface area contributed by atoms with Crippen molar-refractivity contribution < 1.29 is 14.6 Å². The molecule has 84 valence electrons. The first-order valence-electron chi connectivity index (χ1n) is 5.69. The van der Waals surface area contributed by atoms with E-state index in [9.17, 15) is 5.11 Å². The van der Waals surface area contributed by atoms with Crippen molar-refractivity contribution in [3.05, 3.63) is 0 Å². The van der Waals surface area contributed by atoms with Gasteiger partial charge in [0.2, 0.25) is 0 Å². The minimum Gasteiger partial charge on any atom is -0.390 e. The summed E-state index contributed by atoms with van der Waals surface area (Å²) >= 11 is 0. The zero-order valence-electron chi connectivity index (χ0n) is 9.24. The van der Waals surface area contributed by atoms with Crippen LogP contribution >= 0.6 is 0 Å². The first-order valence-corrected chi connectivity index (χ1v) is 5.69. The van der Waals surface area contributed by atoms with Crippen LogP contribution in [0.4, 0.5) is 0 Å². The standard InChI is InChI=1S/C11H22O3/c1-3-6-10(12)9(2)14-11-7-4-5-8-13-11/h9-12H,3-8H2,1-2H3/t9-,10?,11?/m0/s1. The second kappa shape index (κ2) is 6.38. The molecule has 3 atom stereocenters. The highest BCUT2D eigenvalue weighted by atomic mass is 16.7. The minimum atomic E-state index is -0.356. The van der Waals surface area contributed by atoms with Gasteiger partial charge in [0.25, 0.3) is 0 Å². The maximum Gasteiger partial charge on any atom is 0.158 e. The van der Waals surface area contributed by atoms with Crippen LogP contribution in [0, 0.1) is 0 Å². The van der Waals surface area contributed by atoms with E-state index < -0.39 is 0 Å². The smallest absolute Gasteiger partial charge is 0.158 e. The van der Waals surface area contributed by atoms with Gasteiger partial charge in [-0.05, 0) is 32.6 Å². The Morgan fingerprint density at radius 2 is 2.29 bits per heavy atom. The molecular formula is C11H22O3. The molecule has 0 aromatic heterocycles. The summed E-state index contributed by atoms with van der Waals surface area (Å²) in [7, 11) is 0. The normalized spacial score (nSPS) is 27.2. The van der Waals surface area contributed by atoms with Crippen LogP contribution in [-0.4, -0.2) is 30.2 Å². The highest BCUT2D eigenvalue weighted by molar-refractivity contribution is 4.65. The van der Waals surface area contributed by atoms with E-state index in [2.05, 4.69) is 6.92 Å². The van der Waals surface area contributed by atoms with Gasteiger partial charge in [0.05, 0.1) is 12.2 Å². The van der Waals surface area contributed by atoms with Gasteiger partial charge in [-0.3, -0.25) is 0 Å². The third-order valence-electron chi connectivity index (χ3n) is 2.63. The lowest BCUT2D eigenvalue weighted by molar-refractivity contribution is -0.202. The van der Waals surface area contributed by atoms with E-state index in [0.717, 1.165) is 32.3 Å². The van der Waals surface area contributed by atoms with Crippen molar-refractivity contribution >= 4 is 0 Å². The first-order chi connectivity index (χ1) is 6.74. The molecule has 0 amide bonds. The van der Waals surface area contributed by atoms with Crippen molar-refractivity contribution in [3.8, 4) is 0 Å². The molecular weight excluding hydrogens is 180 g/mol. The number of hydrogen-bond acceptors (Lipinski definition) is 3. The van der Waals surface area contributed by atoms with Crippen LogP contribution < -0.4 is 0 Å². The Hall–Kier alpha value is -0.120. The zero-order chi connectivity index (χ0) is 10.4. The fourth-order valence-corrected chi connectivity index (χ4v) is 1.68. The molecule has 1 heterocycles. The zero-order valence-corrected chi connectivity index (χ0v) is 9.24. The average molecular weight is 202 g/mol. The summed E-state index contributed by atoms with van der Waals surface area (Å²) in [5.74, 6) is 0. The second-order valence-corrected chi connectivity index (χ2v) is 3.99. The van der Waals surface area contributed by atoms with Crippen molar-refractivity contribution in [1.82, 2.24) is 0 Å². The quantitative estimate of drug-likeness (QED) is 0.741. The van der Waals surface area contributed by atoms with Gasteiger partial charge in [0, 0.05) is 6.61 Å². The summed E-state index contributed by atoms with van der Waals surface area (Å²) < 4.78 is 11.1. The molecule has 2 unspecified atom stereocenters. The third-order valence-corrected chi connectivity index (χ3v) is 2.63. The molecule has 0 spiro atoms. The SMILES string of the molecule is CCCC(O)[C@H](C)OC1CCCCO1. The van der Waals surface area contributed by atoms with Gasteiger partial charge >= 0.3 is 0 Å². The average Bonchev–Trinajstić information content (AvgIpc) is 2.19. The molecule has 0 aromatic rings. The van der Waals surface area contributed by atoms with Gasteiger partial charge in [-0.1, -0.05) is 13.3 Å². The van der Waals surface area contributed by atoms with E-state index >= 15 is 0 Å². The molecule has 1 fully saturated rings. The molecule has 1 rings (SSSR count). The Labute approximate surface area is 86.4 Å². The maximum absolute atomic E-state index is 9.67. The van der Waals surface area contributed by atoms with E-state index in [-0.39, 0.29) is 18.5 Å². The van der Waals surface area contributed by atoms with Gasteiger partial charge < -0.3 is 14.6 Å². The van der Waals surface area contributed by atoms with Crippen LogP contribution in [0.5, 0.6) is 0 Å². The summed E-state index contributed by atoms with van der Waals surface area (Å²) in [6.45, 7) is 4.77. The van der Waals surface area contributed by atoms with E-state index in [0.29, 0.717) is 0 Å². The molecule has 0 saturated carbocycles. The molecule has 3 heteroatoms. The van der Waals surface area contributed by atoms with E-state index in [1.54, 1.807) is 0 Å². The van der Waals surface area contributed by atoms with Crippen molar-refractivity contribution in [3.63, 3.8) is 0 Å². The molecule has 0 aromatic carbocycles. The number of ether oxygens (including phenoxy) is 2. The minimum absolute atomic E-state index is 0.0924. The Kier molecular flexibility index (Phi) is 5.45. The fourth-order valence-electron chi connectivity index (χ4n) is 1.68. The topological polar surface area (TPSA) is 38.7 Å². The predicted molar refractivity (Wildman–Crippen MR) is 55.1 cm³/mol. The Balaban J connectivity index is 2.20. The van der Waals surface area contributed by atoms with Gasteiger partial charge in [0.1, 0.15) is 0 Å². The summed E-state index contributed by atoms with van der Waals surface area (Å²) in [6, 6.07) is 0. The lowest BCUT2D eigenvalue weighted by atomic mass is 10.1. The highest BCUT2D eigenvalue weighted by Gasteiger charge is 2.21. The van der Waals surface area contributed by atoms with E-state index in [4.69, 9.17) is 9.47 Å². The van der Waals surface area contributed by atoms with Crippen molar-refractivity contribution in [1.29, 1.82) is 0 Å². The van der Waals surface area contributed by atoms with Crippen LogP contribution in [-0.2, 0) is 9.47 Å². The highest BCUT2D eigenvalue weighted by Crippen LogP contribution is 2.17. The Morgan fingerprint density at radius 3 is 2.86 bits per heavy atom. The van der Waals surface area contributed by atoms with Crippen LogP contribution in [0.1, 0.15) is 46.0 Å². The van der Waals surface area contributed by atoms with Gasteiger partial charge in [-0.2, -0.15) is 0 Å². The van der Waals surface area contributed by atoms with E-state index in [1.165, 1.54) is 6.42 Å². The van der Waals surface area contributed by atoms with Gasteiger partial charge in [-0.25, -0.2) is 0 Å². The first kappa shape index (κ1) is 12.0. The van der Waals surface area contributed by atoms with Crippen molar-refractivity contribution in [2.24, 2.45) is 0 Å². The Bertz CT molecular complexity index is 143. The Morgan fingerprint density at radius 1 is 1.50 bits per heavy atom. The van der Waals surface area contributed by atoms with Crippen LogP contribution in [0.3, 0.4) is 0 Å². The molecule has 0 radical (unpaired) electrons. The fraction of sp³-hybridized carbons (Fsp3) is 1.00. The molecule has 1 N–H and O–H groups in total. The molecule has 1 aliphatic heterocycles. The monoisotopic (exact) mass is 202 g/mol. The lowest BCUT2D eigenvalue weighted by Gasteiger charge is -2.28. The number of hydrogen-bond donors (Lipinski definition) is 1. The number of aliphatic hydroxyl groups is 1. The van der Waals surface area contributed by atoms with Gasteiger partial charge in [0.15, 0.2) is 6.29 Å². The van der Waals surface area contributed by atoms with Crippen LogP contribution in [0.25, 0.3) is 0 Å². The largest absolute Gasteiger partial charge is 0.390 e. The summed E-state index contributed by atoms with van der Waals surface area (Å²) in [5, 5.41) is 9.67. The number of rotatable bonds is 5. The second-order valence-electron chi connectivity index (χ2n) is 3.99. The van der Waals surface area contributed by atoms with Crippen molar-refractivity contribution in [2.75, 3.05) is 6.61 Å². The summed E-state index contributed by atoms with van der Waals surface area (Å²) in [6.07, 6.45) is 4.48. The predicted octanol–water partition coefficient (Wildman–Crippen LogP) is 2.08. The van der Waals surface area contributed by atoms with Crippen LogP contribution in [0.2, 0.25) is 0 Å². The molecule has 1 aliphatic rings.